The number of unbranched alkanes of at least 4 members (excludes halogenated alkanes) is 3. The van der Waals surface area contributed by atoms with E-state index in [1.807, 2.05) is 18.2 Å². The van der Waals surface area contributed by atoms with E-state index in [-0.39, 0.29) is 0 Å². The van der Waals surface area contributed by atoms with E-state index in [1.165, 1.54) is 25.7 Å². The molecule has 84 valence electrons. The van der Waals surface area contributed by atoms with Gasteiger partial charge in [0.2, 0.25) is 0 Å². The number of nitrogens with one attached hydrogen (secondary N) is 1. The zero-order chi connectivity index (χ0) is 10.9. The number of rotatable bonds is 7. The molecule has 1 N–H and O–H groups in total. The summed E-state index contributed by atoms with van der Waals surface area (Å²) >= 11 is 0. The lowest BCUT2D eigenvalue weighted by Gasteiger charge is -2.07. The molecule has 15 heavy (non-hydrogen) atoms. The summed E-state index contributed by atoms with van der Waals surface area (Å²) in [5.41, 5.74) is 1.14. The van der Waals surface area contributed by atoms with Crippen LogP contribution in [0.2, 0.25) is 0 Å². The molecule has 0 amide bonds. The lowest BCUT2D eigenvalue weighted by molar-refractivity contribution is 0.415. The van der Waals surface area contributed by atoms with Crippen LogP contribution in [0.25, 0.3) is 0 Å². The van der Waals surface area contributed by atoms with Crippen molar-refractivity contribution in [3.63, 3.8) is 0 Å². The smallest absolute Gasteiger partial charge is 0.120 e. The second kappa shape index (κ2) is 7.16. The van der Waals surface area contributed by atoms with Crippen molar-refractivity contribution in [2.24, 2.45) is 0 Å². The molecule has 0 atom stereocenters. The van der Waals surface area contributed by atoms with Crippen molar-refractivity contribution in [3.05, 3.63) is 24.3 Å². The Morgan fingerprint density at radius 2 is 2.07 bits per heavy atom. The average molecular weight is 207 g/mol. The van der Waals surface area contributed by atoms with Gasteiger partial charge in [-0.3, -0.25) is 0 Å². The van der Waals surface area contributed by atoms with Crippen LogP contribution in [0.15, 0.2) is 24.3 Å². The molecule has 0 heterocycles. The third-order valence-electron chi connectivity index (χ3n) is 2.43. The van der Waals surface area contributed by atoms with Crippen LogP contribution >= 0.6 is 0 Å². The maximum absolute atomic E-state index is 5.16. The quantitative estimate of drug-likeness (QED) is 0.688. The van der Waals surface area contributed by atoms with E-state index >= 15 is 0 Å². The summed E-state index contributed by atoms with van der Waals surface area (Å²) in [6.45, 7) is 3.28. The summed E-state index contributed by atoms with van der Waals surface area (Å²) in [6.07, 6.45) is 5.18. The zero-order valence-electron chi connectivity index (χ0n) is 9.75. The standard InChI is InChI=1S/C13H21NO/c1-3-4-5-6-10-14-12-8-7-9-13(11-12)15-2/h7-9,11,14H,3-6,10H2,1-2H3. The van der Waals surface area contributed by atoms with Crippen molar-refractivity contribution in [2.45, 2.75) is 32.6 Å². The Bertz CT molecular complexity index is 273. The number of ether oxygens (including phenoxy) is 1. The largest absolute Gasteiger partial charge is 0.497 e. The molecule has 0 aliphatic rings. The fourth-order valence-corrected chi connectivity index (χ4v) is 1.52. The van der Waals surface area contributed by atoms with Crippen LogP contribution in [-0.2, 0) is 0 Å². The van der Waals surface area contributed by atoms with Crippen molar-refractivity contribution < 1.29 is 4.74 Å². The van der Waals surface area contributed by atoms with Gasteiger partial charge in [-0.05, 0) is 18.6 Å². The van der Waals surface area contributed by atoms with E-state index in [0.717, 1.165) is 18.0 Å². The Labute approximate surface area is 92.6 Å². The number of anilines is 1. The fourth-order valence-electron chi connectivity index (χ4n) is 1.52. The van der Waals surface area contributed by atoms with Crippen molar-refractivity contribution in [3.8, 4) is 5.75 Å². The lowest BCUT2D eigenvalue weighted by atomic mass is 10.2. The molecule has 0 spiro atoms. The van der Waals surface area contributed by atoms with Gasteiger partial charge in [-0.15, -0.1) is 0 Å². The molecule has 0 fully saturated rings. The summed E-state index contributed by atoms with van der Waals surface area (Å²) < 4.78 is 5.16. The maximum atomic E-state index is 5.16. The minimum atomic E-state index is 0.911. The van der Waals surface area contributed by atoms with E-state index in [0.29, 0.717) is 0 Å². The Balaban J connectivity index is 2.24. The number of methoxy groups -OCH3 is 1. The highest BCUT2D eigenvalue weighted by Gasteiger charge is 1.94. The molecule has 1 rings (SSSR count). The Morgan fingerprint density at radius 1 is 1.20 bits per heavy atom. The highest BCUT2D eigenvalue weighted by Crippen LogP contribution is 2.16. The van der Waals surface area contributed by atoms with Gasteiger partial charge < -0.3 is 10.1 Å². The van der Waals surface area contributed by atoms with E-state index in [9.17, 15) is 0 Å². The first-order chi connectivity index (χ1) is 7.36. The molecule has 1 aromatic carbocycles. The van der Waals surface area contributed by atoms with Crippen molar-refractivity contribution in [1.82, 2.24) is 0 Å². The summed E-state index contributed by atoms with van der Waals surface area (Å²) in [5, 5.41) is 3.40. The summed E-state index contributed by atoms with van der Waals surface area (Å²) in [5.74, 6) is 0.911. The van der Waals surface area contributed by atoms with Crippen LogP contribution in [0.3, 0.4) is 0 Å². The highest BCUT2D eigenvalue weighted by molar-refractivity contribution is 5.47. The molecule has 0 bridgehead atoms. The molecule has 2 nitrogen and oxygen atoms in total. The second-order valence-electron chi connectivity index (χ2n) is 3.72. The van der Waals surface area contributed by atoms with Gasteiger partial charge in [0.1, 0.15) is 5.75 Å². The van der Waals surface area contributed by atoms with Crippen LogP contribution in [0.5, 0.6) is 5.75 Å². The summed E-state index contributed by atoms with van der Waals surface area (Å²) in [4.78, 5) is 0. The van der Waals surface area contributed by atoms with Gasteiger partial charge in [0, 0.05) is 18.3 Å². The van der Waals surface area contributed by atoms with Gasteiger partial charge in [0.25, 0.3) is 0 Å². The molecular weight excluding hydrogens is 186 g/mol. The minimum absolute atomic E-state index is 0.911. The van der Waals surface area contributed by atoms with Crippen molar-refractivity contribution >= 4 is 5.69 Å². The maximum Gasteiger partial charge on any atom is 0.120 e. The van der Waals surface area contributed by atoms with E-state index in [4.69, 9.17) is 4.74 Å². The number of benzene rings is 1. The summed E-state index contributed by atoms with van der Waals surface area (Å²) in [7, 11) is 1.69. The first-order valence-corrected chi connectivity index (χ1v) is 5.74. The first kappa shape index (κ1) is 11.9. The van der Waals surface area contributed by atoms with Crippen LogP contribution < -0.4 is 10.1 Å². The van der Waals surface area contributed by atoms with Gasteiger partial charge in [-0.2, -0.15) is 0 Å². The van der Waals surface area contributed by atoms with Crippen LogP contribution in [0, 0.1) is 0 Å². The molecular formula is C13H21NO. The number of hydrogen-bond acceptors (Lipinski definition) is 2. The molecule has 0 saturated carbocycles. The van der Waals surface area contributed by atoms with Crippen molar-refractivity contribution in [1.29, 1.82) is 0 Å². The molecule has 0 unspecified atom stereocenters. The van der Waals surface area contributed by atoms with E-state index in [2.05, 4.69) is 18.3 Å². The van der Waals surface area contributed by atoms with Crippen LogP contribution in [-0.4, -0.2) is 13.7 Å². The van der Waals surface area contributed by atoms with Crippen LogP contribution in [0.1, 0.15) is 32.6 Å². The van der Waals surface area contributed by atoms with Crippen LogP contribution in [0.4, 0.5) is 5.69 Å². The zero-order valence-corrected chi connectivity index (χ0v) is 9.75. The van der Waals surface area contributed by atoms with Gasteiger partial charge in [0.15, 0.2) is 0 Å². The number of hydrogen-bond donors (Lipinski definition) is 1. The highest BCUT2D eigenvalue weighted by atomic mass is 16.5. The predicted molar refractivity (Wildman–Crippen MR) is 65.6 cm³/mol. The first-order valence-electron chi connectivity index (χ1n) is 5.74. The van der Waals surface area contributed by atoms with Gasteiger partial charge in [-0.1, -0.05) is 32.3 Å². The topological polar surface area (TPSA) is 21.3 Å². The van der Waals surface area contributed by atoms with Gasteiger partial charge in [0.05, 0.1) is 7.11 Å². The molecule has 2 heteroatoms. The third kappa shape index (κ3) is 4.73. The van der Waals surface area contributed by atoms with Gasteiger partial charge in [-0.25, -0.2) is 0 Å². The average Bonchev–Trinajstić information content (AvgIpc) is 2.29. The van der Waals surface area contributed by atoms with Crippen molar-refractivity contribution in [2.75, 3.05) is 19.0 Å². The monoisotopic (exact) mass is 207 g/mol. The molecule has 0 aliphatic carbocycles. The Hall–Kier alpha value is -1.18. The molecule has 0 saturated heterocycles. The SMILES string of the molecule is CCCCCCNc1cccc(OC)c1. The normalized spacial score (nSPS) is 10.0. The summed E-state index contributed by atoms with van der Waals surface area (Å²) in [6, 6.07) is 8.07. The molecule has 0 aromatic heterocycles. The Morgan fingerprint density at radius 3 is 2.80 bits per heavy atom. The second-order valence-corrected chi connectivity index (χ2v) is 3.72. The molecule has 1 aromatic rings. The minimum Gasteiger partial charge on any atom is -0.497 e. The molecule has 0 aliphatic heterocycles. The molecule has 0 radical (unpaired) electrons. The predicted octanol–water partition coefficient (Wildman–Crippen LogP) is 3.69. The third-order valence-corrected chi connectivity index (χ3v) is 2.43. The van der Waals surface area contributed by atoms with E-state index in [1.54, 1.807) is 7.11 Å². The fraction of sp³-hybridized carbons (Fsp3) is 0.538. The lowest BCUT2D eigenvalue weighted by Crippen LogP contribution is -2.01. The van der Waals surface area contributed by atoms with Gasteiger partial charge >= 0.3 is 0 Å². The Kier molecular flexibility index (Phi) is 5.67. The van der Waals surface area contributed by atoms with E-state index < -0.39 is 0 Å².